The van der Waals surface area contributed by atoms with E-state index in [1.807, 2.05) is 45.0 Å². The molecule has 6 nitrogen and oxygen atoms in total. The molecule has 0 N–H and O–H groups in total. The smallest absolute Gasteiger partial charge is 0.354 e. The second-order valence-electron chi connectivity index (χ2n) is 8.90. The van der Waals surface area contributed by atoms with Crippen LogP contribution >= 0.6 is 0 Å². The van der Waals surface area contributed by atoms with Crippen LogP contribution in [0.25, 0.3) is 0 Å². The summed E-state index contributed by atoms with van der Waals surface area (Å²) in [4.78, 5) is 41.5. The monoisotopic (exact) mass is 438 g/mol. The van der Waals surface area contributed by atoms with E-state index in [2.05, 4.69) is 0 Å². The molecule has 1 atom stereocenters. The molecule has 1 amide bonds. The maximum Gasteiger partial charge on any atom is 0.354 e. The summed E-state index contributed by atoms with van der Waals surface area (Å²) in [6, 6.07) is 6.90. The molecule has 2 aromatic rings. The van der Waals surface area contributed by atoms with Crippen LogP contribution in [0.3, 0.4) is 0 Å². The Morgan fingerprint density at radius 1 is 1.03 bits per heavy atom. The van der Waals surface area contributed by atoms with Gasteiger partial charge in [-0.15, -0.1) is 0 Å². The fourth-order valence-electron chi connectivity index (χ4n) is 4.92. The Bertz CT molecular complexity index is 1010. The molecule has 0 bridgehead atoms. The number of benzene rings is 1. The molecule has 1 aromatic carbocycles. The number of amides is 1. The normalized spacial score (nSPS) is 15.3. The van der Waals surface area contributed by atoms with Gasteiger partial charge in [0.25, 0.3) is 5.91 Å². The van der Waals surface area contributed by atoms with E-state index in [1.165, 1.54) is 7.11 Å². The third-order valence-electron chi connectivity index (χ3n) is 6.85. The molecule has 0 spiro atoms. The minimum absolute atomic E-state index is 0.0286. The number of nitrogens with zero attached hydrogens (tertiary/aromatic N) is 2. The third kappa shape index (κ3) is 4.36. The molecule has 1 aliphatic rings. The van der Waals surface area contributed by atoms with Gasteiger partial charge in [0.05, 0.1) is 13.2 Å². The van der Waals surface area contributed by atoms with Gasteiger partial charge in [0, 0.05) is 29.9 Å². The van der Waals surface area contributed by atoms with E-state index in [9.17, 15) is 14.4 Å². The van der Waals surface area contributed by atoms with Crippen molar-refractivity contribution in [2.45, 2.75) is 71.9 Å². The van der Waals surface area contributed by atoms with Gasteiger partial charge in [0.15, 0.2) is 5.78 Å². The van der Waals surface area contributed by atoms with E-state index in [0.29, 0.717) is 28.1 Å². The van der Waals surface area contributed by atoms with E-state index in [1.54, 1.807) is 23.4 Å². The lowest BCUT2D eigenvalue weighted by molar-refractivity contribution is 0.0486. The molecule has 1 aliphatic carbocycles. The lowest BCUT2D eigenvalue weighted by Crippen LogP contribution is -2.50. The minimum Gasteiger partial charge on any atom is -0.464 e. The van der Waals surface area contributed by atoms with Gasteiger partial charge in [-0.05, 0) is 58.2 Å². The van der Waals surface area contributed by atoms with Gasteiger partial charge >= 0.3 is 5.97 Å². The number of rotatable bonds is 6. The number of carbonyl (C=O) groups excluding carboxylic acids is 3. The molecule has 32 heavy (non-hydrogen) atoms. The summed E-state index contributed by atoms with van der Waals surface area (Å²) >= 11 is 0. The van der Waals surface area contributed by atoms with E-state index >= 15 is 0 Å². The summed E-state index contributed by atoms with van der Waals surface area (Å²) in [5, 5.41) is 0. The molecule has 1 aromatic heterocycles. The molecule has 0 radical (unpaired) electrons. The van der Waals surface area contributed by atoms with Crippen LogP contribution in [0.4, 0.5) is 0 Å². The van der Waals surface area contributed by atoms with Crippen LogP contribution < -0.4 is 0 Å². The van der Waals surface area contributed by atoms with Gasteiger partial charge in [-0.2, -0.15) is 0 Å². The fraction of sp³-hybridized carbons (Fsp3) is 0.500. The highest BCUT2D eigenvalue weighted by Gasteiger charge is 2.36. The average Bonchev–Trinajstić information content (AvgIpc) is 3.02. The van der Waals surface area contributed by atoms with Crippen molar-refractivity contribution in [1.82, 2.24) is 9.47 Å². The molecular weight excluding hydrogens is 404 g/mol. The van der Waals surface area contributed by atoms with Gasteiger partial charge in [0.2, 0.25) is 0 Å². The highest BCUT2D eigenvalue weighted by molar-refractivity contribution is 6.07. The van der Waals surface area contributed by atoms with Crippen LogP contribution in [0.1, 0.15) is 87.1 Å². The Balaban J connectivity index is 2.02. The molecule has 3 rings (SSSR count). The van der Waals surface area contributed by atoms with Crippen molar-refractivity contribution in [2.75, 3.05) is 7.11 Å². The lowest BCUT2D eigenvalue weighted by Gasteiger charge is -2.38. The quantitative estimate of drug-likeness (QED) is 0.481. The predicted molar refractivity (Wildman–Crippen MR) is 124 cm³/mol. The van der Waals surface area contributed by atoms with Gasteiger partial charge in [-0.3, -0.25) is 9.59 Å². The number of ether oxygens (including phenoxy) is 1. The molecule has 6 heteroatoms. The first kappa shape index (κ1) is 23.8. The fourth-order valence-corrected chi connectivity index (χ4v) is 4.92. The highest BCUT2D eigenvalue weighted by Crippen LogP contribution is 2.29. The largest absolute Gasteiger partial charge is 0.464 e. The van der Waals surface area contributed by atoms with Gasteiger partial charge in [0.1, 0.15) is 5.69 Å². The summed E-state index contributed by atoms with van der Waals surface area (Å²) < 4.78 is 6.62. The number of hydrogen-bond donors (Lipinski definition) is 0. The maximum absolute atomic E-state index is 13.8. The standard InChI is InChI=1S/C26H34N2O4/c1-16-12-14-20(15-13-16)25(30)28(21-10-8-7-9-11-21)19(4)24(29)22-17(2)23(26(31)32-6)27(5)18(22)3/h12-15,19,21H,7-11H2,1-6H3. The number of esters is 1. The zero-order valence-electron chi connectivity index (χ0n) is 20.0. The van der Waals surface area contributed by atoms with Crippen molar-refractivity contribution in [3.63, 3.8) is 0 Å². The zero-order valence-corrected chi connectivity index (χ0v) is 20.0. The van der Waals surface area contributed by atoms with E-state index < -0.39 is 12.0 Å². The molecule has 172 valence electrons. The first-order valence-electron chi connectivity index (χ1n) is 11.4. The van der Waals surface area contributed by atoms with Crippen molar-refractivity contribution < 1.29 is 19.1 Å². The summed E-state index contributed by atoms with van der Waals surface area (Å²) in [5.74, 6) is -0.728. The molecule has 0 aliphatic heterocycles. The highest BCUT2D eigenvalue weighted by atomic mass is 16.5. The second kappa shape index (κ2) is 9.72. The van der Waals surface area contributed by atoms with Crippen molar-refractivity contribution in [1.29, 1.82) is 0 Å². The molecule has 1 heterocycles. The van der Waals surface area contributed by atoms with Crippen molar-refractivity contribution in [2.24, 2.45) is 7.05 Å². The van der Waals surface area contributed by atoms with Crippen molar-refractivity contribution >= 4 is 17.7 Å². The Morgan fingerprint density at radius 2 is 1.62 bits per heavy atom. The van der Waals surface area contributed by atoms with E-state index in [0.717, 1.165) is 37.7 Å². The molecule has 1 unspecified atom stereocenters. The minimum atomic E-state index is -0.641. The summed E-state index contributed by atoms with van der Waals surface area (Å²) in [6.45, 7) is 7.39. The number of methoxy groups -OCH3 is 1. The van der Waals surface area contributed by atoms with Crippen LogP contribution in [0, 0.1) is 20.8 Å². The molecule has 0 saturated heterocycles. The predicted octanol–water partition coefficient (Wildman–Crippen LogP) is 4.78. The number of ketones is 1. The molecule has 1 fully saturated rings. The Morgan fingerprint density at radius 3 is 2.19 bits per heavy atom. The van der Waals surface area contributed by atoms with Gasteiger partial charge in [-0.25, -0.2) is 4.79 Å². The number of aromatic nitrogens is 1. The maximum atomic E-state index is 13.8. The summed E-state index contributed by atoms with van der Waals surface area (Å²) in [5.41, 5.74) is 3.84. The zero-order chi connectivity index (χ0) is 23.6. The van der Waals surface area contributed by atoms with Gasteiger partial charge < -0.3 is 14.2 Å². The Labute approximate surface area is 190 Å². The van der Waals surface area contributed by atoms with Crippen LogP contribution in [-0.2, 0) is 11.8 Å². The number of carbonyl (C=O) groups is 3. The first-order chi connectivity index (χ1) is 15.2. The number of aryl methyl sites for hydroxylation is 1. The second-order valence-corrected chi connectivity index (χ2v) is 8.90. The summed E-state index contributed by atoms with van der Waals surface area (Å²) in [7, 11) is 3.09. The van der Waals surface area contributed by atoms with Crippen LogP contribution in [-0.4, -0.2) is 46.3 Å². The lowest BCUT2D eigenvalue weighted by atomic mass is 9.90. The van der Waals surface area contributed by atoms with Crippen LogP contribution in [0.2, 0.25) is 0 Å². The van der Waals surface area contributed by atoms with Crippen molar-refractivity contribution in [3.05, 3.63) is 57.9 Å². The first-order valence-corrected chi connectivity index (χ1v) is 11.4. The SMILES string of the molecule is COC(=O)c1c(C)c(C(=O)C(C)N(C(=O)c2ccc(C)cc2)C2CCCCC2)c(C)n1C. The molecular formula is C26H34N2O4. The number of Topliss-reactive ketones (excluding diaryl/α,β-unsaturated/α-hetero) is 1. The number of hydrogen-bond acceptors (Lipinski definition) is 4. The van der Waals surface area contributed by atoms with Crippen LogP contribution in [0.15, 0.2) is 24.3 Å². The van der Waals surface area contributed by atoms with Crippen LogP contribution in [0.5, 0.6) is 0 Å². The van der Waals surface area contributed by atoms with E-state index in [4.69, 9.17) is 4.74 Å². The Kier molecular flexibility index (Phi) is 7.22. The third-order valence-corrected chi connectivity index (χ3v) is 6.85. The molecule has 1 saturated carbocycles. The summed E-state index contributed by atoms with van der Waals surface area (Å²) in [6.07, 6.45) is 5.06. The van der Waals surface area contributed by atoms with Crippen molar-refractivity contribution in [3.8, 4) is 0 Å². The topological polar surface area (TPSA) is 68.6 Å². The Hall–Kier alpha value is -2.89. The van der Waals surface area contributed by atoms with E-state index in [-0.39, 0.29) is 17.7 Å². The van der Waals surface area contributed by atoms with Gasteiger partial charge in [-0.1, -0.05) is 37.0 Å². The average molecular weight is 439 g/mol.